The van der Waals surface area contributed by atoms with Gasteiger partial charge in [0, 0.05) is 23.8 Å². The summed E-state index contributed by atoms with van der Waals surface area (Å²) in [6.45, 7) is 4.67. The van der Waals surface area contributed by atoms with Crippen molar-refractivity contribution in [1.82, 2.24) is 4.31 Å². The molecule has 1 unspecified atom stereocenters. The van der Waals surface area contributed by atoms with Gasteiger partial charge in [-0.1, -0.05) is 48.9 Å². The zero-order valence-corrected chi connectivity index (χ0v) is 18.4. The molecule has 1 saturated heterocycles. The Balaban J connectivity index is 1.71. The minimum atomic E-state index is -3.52. The van der Waals surface area contributed by atoms with Crippen LogP contribution in [0, 0.1) is 12.8 Å². The van der Waals surface area contributed by atoms with Gasteiger partial charge in [0.2, 0.25) is 15.9 Å². The molecule has 7 heteroatoms. The van der Waals surface area contributed by atoms with Crippen molar-refractivity contribution in [2.45, 2.75) is 38.9 Å². The Morgan fingerprint density at radius 2 is 2.00 bits per heavy atom. The van der Waals surface area contributed by atoms with Crippen LogP contribution in [0.1, 0.15) is 36.5 Å². The second kappa shape index (κ2) is 9.28. The van der Waals surface area contributed by atoms with Gasteiger partial charge in [0.25, 0.3) is 0 Å². The van der Waals surface area contributed by atoms with Crippen LogP contribution >= 0.6 is 11.6 Å². The molecule has 1 aliphatic rings. The molecular formula is C22H27ClN2O3S. The van der Waals surface area contributed by atoms with Crippen molar-refractivity contribution >= 4 is 33.2 Å². The van der Waals surface area contributed by atoms with Crippen LogP contribution < -0.4 is 5.32 Å². The third-order valence-electron chi connectivity index (χ3n) is 5.37. The molecule has 2 aromatic rings. The van der Waals surface area contributed by atoms with Gasteiger partial charge in [-0.25, -0.2) is 12.7 Å². The average molecular weight is 435 g/mol. The number of rotatable bonds is 6. The van der Waals surface area contributed by atoms with Crippen LogP contribution in [-0.4, -0.2) is 31.7 Å². The van der Waals surface area contributed by atoms with Crippen molar-refractivity contribution < 1.29 is 13.2 Å². The molecule has 29 heavy (non-hydrogen) atoms. The van der Waals surface area contributed by atoms with E-state index in [1.807, 2.05) is 25.1 Å². The van der Waals surface area contributed by atoms with Gasteiger partial charge in [-0.2, -0.15) is 0 Å². The molecular weight excluding hydrogens is 408 g/mol. The Kier molecular flexibility index (Phi) is 6.98. The first-order valence-corrected chi connectivity index (χ1v) is 11.9. The van der Waals surface area contributed by atoms with Crippen LogP contribution in [0.5, 0.6) is 0 Å². The summed E-state index contributed by atoms with van der Waals surface area (Å²) in [5.74, 6) is -0.585. The fraction of sp³-hybridized carbons (Fsp3) is 0.409. The predicted molar refractivity (Wildman–Crippen MR) is 118 cm³/mol. The van der Waals surface area contributed by atoms with Crippen LogP contribution in [0.4, 0.5) is 5.69 Å². The largest absolute Gasteiger partial charge is 0.325 e. The zero-order valence-electron chi connectivity index (χ0n) is 16.8. The lowest BCUT2D eigenvalue weighted by Gasteiger charge is -2.31. The molecule has 156 valence electrons. The van der Waals surface area contributed by atoms with E-state index in [1.54, 1.807) is 24.3 Å². The van der Waals surface area contributed by atoms with E-state index in [4.69, 9.17) is 11.6 Å². The monoisotopic (exact) mass is 434 g/mol. The molecule has 0 radical (unpaired) electrons. The number of nitrogens with one attached hydrogen (secondary N) is 1. The number of halogens is 1. The fourth-order valence-electron chi connectivity index (χ4n) is 3.77. The maximum Gasteiger partial charge on any atom is 0.228 e. The standard InChI is InChI=1S/C22H27ClN2O3S/c1-3-18-9-4-7-16(2)21(18)24-22(26)19-10-6-12-25(14-19)29(27,28)15-17-8-5-11-20(23)13-17/h4-5,7-9,11,13,19H,3,6,10,12,14-15H2,1-2H3,(H,24,26). The maximum absolute atomic E-state index is 12.9. The van der Waals surface area contributed by atoms with E-state index >= 15 is 0 Å². The van der Waals surface area contributed by atoms with E-state index in [0.29, 0.717) is 30.0 Å². The van der Waals surface area contributed by atoms with Gasteiger partial charge >= 0.3 is 0 Å². The number of sulfonamides is 1. The SMILES string of the molecule is CCc1cccc(C)c1NC(=O)C1CCCN(S(=O)(=O)Cc2cccc(Cl)c2)C1. The highest BCUT2D eigenvalue weighted by molar-refractivity contribution is 7.88. The van der Waals surface area contributed by atoms with Crippen LogP contribution in [-0.2, 0) is 27.0 Å². The van der Waals surface area contributed by atoms with Crippen molar-refractivity contribution in [2.75, 3.05) is 18.4 Å². The van der Waals surface area contributed by atoms with E-state index in [2.05, 4.69) is 12.2 Å². The molecule has 0 aromatic heterocycles. The lowest BCUT2D eigenvalue weighted by Crippen LogP contribution is -2.44. The number of amides is 1. The molecule has 0 bridgehead atoms. The number of hydrogen-bond donors (Lipinski definition) is 1. The number of aryl methyl sites for hydroxylation is 2. The van der Waals surface area contributed by atoms with E-state index in [1.165, 1.54) is 4.31 Å². The Hall–Kier alpha value is -1.89. The third kappa shape index (κ3) is 5.38. The first kappa shape index (κ1) is 21.8. The molecule has 1 heterocycles. The number of nitrogens with zero attached hydrogens (tertiary/aromatic N) is 1. The molecule has 1 N–H and O–H groups in total. The van der Waals surface area contributed by atoms with Gasteiger partial charge in [-0.15, -0.1) is 0 Å². The number of piperidine rings is 1. The lowest BCUT2D eigenvalue weighted by molar-refractivity contribution is -0.120. The molecule has 0 saturated carbocycles. The maximum atomic E-state index is 12.9. The van der Waals surface area contributed by atoms with Crippen molar-refractivity contribution in [3.63, 3.8) is 0 Å². The van der Waals surface area contributed by atoms with Gasteiger partial charge < -0.3 is 5.32 Å². The molecule has 1 fully saturated rings. The van der Waals surface area contributed by atoms with Crippen LogP contribution in [0.3, 0.4) is 0 Å². The van der Waals surface area contributed by atoms with Crippen molar-refractivity contribution in [3.05, 3.63) is 64.2 Å². The first-order valence-electron chi connectivity index (χ1n) is 9.91. The molecule has 1 aliphatic heterocycles. The van der Waals surface area contributed by atoms with Crippen molar-refractivity contribution in [2.24, 2.45) is 5.92 Å². The summed E-state index contributed by atoms with van der Waals surface area (Å²) in [4.78, 5) is 12.9. The summed E-state index contributed by atoms with van der Waals surface area (Å²) < 4.78 is 27.2. The van der Waals surface area contributed by atoms with Crippen LogP contribution in [0.15, 0.2) is 42.5 Å². The van der Waals surface area contributed by atoms with Gasteiger partial charge in [-0.05, 0) is 55.0 Å². The summed E-state index contributed by atoms with van der Waals surface area (Å²) in [5, 5.41) is 3.56. The van der Waals surface area contributed by atoms with E-state index < -0.39 is 10.0 Å². The smallest absolute Gasteiger partial charge is 0.228 e. The second-order valence-corrected chi connectivity index (χ2v) is 9.94. The zero-order chi connectivity index (χ0) is 21.0. The topological polar surface area (TPSA) is 66.5 Å². The summed E-state index contributed by atoms with van der Waals surface area (Å²) in [6, 6.07) is 12.8. The Bertz CT molecular complexity index is 991. The van der Waals surface area contributed by atoms with Gasteiger partial charge in [0.15, 0.2) is 0 Å². The lowest BCUT2D eigenvalue weighted by atomic mass is 9.98. The summed E-state index contributed by atoms with van der Waals surface area (Å²) in [7, 11) is -3.52. The molecule has 0 aliphatic carbocycles. The second-order valence-electron chi connectivity index (χ2n) is 7.54. The summed E-state index contributed by atoms with van der Waals surface area (Å²) >= 11 is 5.98. The minimum Gasteiger partial charge on any atom is -0.325 e. The average Bonchev–Trinajstić information content (AvgIpc) is 2.69. The van der Waals surface area contributed by atoms with Gasteiger partial charge in [0.1, 0.15) is 0 Å². The summed E-state index contributed by atoms with van der Waals surface area (Å²) in [5.41, 5.74) is 3.59. The molecule has 1 amide bonds. The fourth-order valence-corrected chi connectivity index (χ4v) is 5.58. The molecule has 0 spiro atoms. The quantitative estimate of drug-likeness (QED) is 0.733. The first-order chi connectivity index (χ1) is 13.8. The molecule has 5 nitrogen and oxygen atoms in total. The third-order valence-corrected chi connectivity index (χ3v) is 7.43. The van der Waals surface area contributed by atoms with Crippen molar-refractivity contribution in [3.8, 4) is 0 Å². The van der Waals surface area contributed by atoms with Gasteiger partial charge in [0.05, 0.1) is 11.7 Å². The Morgan fingerprint density at radius 1 is 1.24 bits per heavy atom. The van der Waals surface area contributed by atoms with E-state index in [0.717, 1.165) is 23.2 Å². The Morgan fingerprint density at radius 3 is 2.72 bits per heavy atom. The number of benzene rings is 2. The number of anilines is 1. The van der Waals surface area contributed by atoms with Crippen molar-refractivity contribution in [1.29, 1.82) is 0 Å². The highest BCUT2D eigenvalue weighted by Crippen LogP contribution is 2.26. The number of para-hydroxylation sites is 1. The Labute approximate surface area is 178 Å². The van der Waals surface area contributed by atoms with Crippen LogP contribution in [0.2, 0.25) is 5.02 Å². The normalized spacial score (nSPS) is 17.8. The van der Waals surface area contributed by atoms with E-state index in [-0.39, 0.29) is 24.1 Å². The van der Waals surface area contributed by atoms with Gasteiger partial charge in [-0.3, -0.25) is 4.79 Å². The molecule has 3 rings (SSSR count). The molecule has 2 aromatic carbocycles. The number of carbonyl (C=O) groups is 1. The highest BCUT2D eigenvalue weighted by atomic mass is 35.5. The highest BCUT2D eigenvalue weighted by Gasteiger charge is 2.32. The minimum absolute atomic E-state index is 0.111. The van der Waals surface area contributed by atoms with Crippen LogP contribution in [0.25, 0.3) is 0 Å². The number of carbonyl (C=O) groups excluding carboxylic acids is 1. The summed E-state index contributed by atoms with van der Waals surface area (Å²) in [6.07, 6.45) is 2.17. The number of hydrogen-bond acceptors (Lipinski definition) is 3. The predicted octanol–water partition coefficient (Wildman–Crippen LogP) is 4.39. The molecule has 1 atom stereocenters. The van der Waals surface area contributed by atoms with E-state index in [9.17, 15) is 13.2 Å².